The summed E-state index contributed by atoms with van der Waals surface area (Å²) in [6.07, 6.45) is 4.07. The largest absolute Gasteiger partial charge is 0.309 e. The normalized spacial score (nSPS) is 16.3. The maximum atomic E-state index is 12.9. The molecule has 4 heteroatoms. The molecule has 106 valence electrons. The van der Waals surface area contributed by atoms with Crippen molar-refractivity contribution >= 4 is 11.3 Å². The fourth-order valence-electron chi connectivity index (χ4n) is 2.33. The topological polar surface area (TPSA) is 24.9 Å². The molecule has 20 heavy (non-hydrogen) atoms. The van der Waals surface area contributed by atoms with Crippen LogP contribution in [0, 0.1) is 11.7 Å². The lowest BCUT2D eigenvalue weighted by Gasteiger charge is -2.11. The van der Waals surface area contributed by atoms with E-state index < -0.39 is 0 Å². The van der Waals surface area contributed by atoms with Gasteiger partial charge in [0.05, 0.1) is 5.69 Å². The van der Waals surface area contributed by atoms with Gasteiger partial charge in [-0.05, 0) is 43.5 Å². The summed E-state index contributed by atoms with van der Waals surface area (Å²) in [5.41, 5.74) is 2.05. The molecule has 1 aromatic carbocycles. The molecule has 1 aromatic heterocycles. The van der Waals surface area contributed by atoms with Gasteiger partial charge in [0.1, 0.15) is 10.8 Å². The van der Waals surface area contributed by atoms with Gasteiger partial charge in [0, 0.05) is 23.5 Å². The van der Waals surface area contributed by atoms with Crippen LogP contribution in [0.4, 0.5) is 4.39 Å². The number of benzene rings is 1. The standard InChI is InChI=1S/C16H19FN2S/c1-11(8-12-2-3-12)18-9-15-10-20-16(19-15)13-4-6-14(17)7-5-13/h4-7,10-12,18H,2-3,8-9H2,1H3. The number of hydrogen-bond acceptors (Lipinski definition) is 3. The van der Waals surface area contributed by atoms with E-state index in [2.05, 4.69) is 22.6 Å². The van der Waals surface area contributed by atoms with Crippen molar-refractivity contribution < 1.29 is 4.39 Å². The molecule has 1 aliphatic carbocycles. The molecule has 0 spiro atoms. The van der Waals surface area contributed by atoms with Crippen LogP contribution < -0.4 is 5.32 Å². The SMILES string of the molecule is CC(CC1CC1)NCc1csc(-c2ccc(F)cc2)n1. The second kappa shape index (κ2) is 6.02. The van der Waals surface area contributed by atoms with Crippen molar-refractivity contribution in [3.63, 3.8) is 0 Å². The number of nitrogens with zero attached hydrogens (tertiary/aromatic N) is 1. The van der Waals surface area contributed by atoms with Gasteiger partial charge in [0.25, 0.3) is 0 Å². The zero-order valence-corrected chi connectivity index (χ0v) is 12.4. The first-order chi connectivity index (χ1) is 9.70. The molecule has 0 saturated heterocycles. The third-order valence-corrected chi connectivity index (χ3v) is 4.60. The fraction of sp³-hybridized carbons (Fsp3) is 0.438. The van der Waals surface area contributed by atoms with E-state index in [9.17, 15) is 4.39 Å². The van der Waals surface area contributed by atoms with Gasteiger partial charge in [-0.2, -0.15) is 0 Å². The first kappa shape index (κ1) is 13.7. The quantitative estimate of drug-likeness (QED) is 0.861. The predicted molar refractivity (Wildman–Crippen MR) is 81.2 cm³/mol. The summed E-state index contributed by atoms with van der Waals surface area (Å²) in [6, 6.07) is 7.07. The number of rotatable bonds is 6. The lowest BCUT2D eigenvalue weighted by atomic mass is 10.1. The minimum absolute atomic E-state index is 0.207. The minimum atomic E-state index is -0.207. The van der Waals surface area contributed by atoms with Crippen LogP contribution in [0.5, 0.6) is 0 Å². The van der Waals surface area contributed by atoms with E-state index in [4.69, 9.17) is 0 Å². The Hall–Kier alpha value is -1.26. The van der Waals surface area contributed by atoms with E-state index in [0.717, 1.165) is 28.7 Å². The van der Waals surface area contributed by atoms with E-state index >= 15 is 0 Å². The molecule has 1 N–H and O–H groups in total. The lowest BCUT2D eigenvalue weighted by molar-refractivity contribution is 0.485. The van der Waals surface area contributed by atoms with Crippen molar-refractivity contribution in [2.75, 3.05) is 0 Å². The molecule has 1 heterocycles. The van der Waals surface area contributed by atoms with Crippen molar-refractivity contribution in [2.45, 2.75) is 38.8 Å². The zero-order valence-electron chi connectivity index (χ0n) is 11.6. The summed E-state index contributed by atoms with van der Waals surface area (Å²) in [4.78, 5) is 4.61. The highest BCUT2D eigenvalue weighted by atomic mass is 32.1. The van der Waals surface area contributed by atoms with Crippen molar-refractivity contribution in [3.8, 4) is 10.6 Å². The highest BCUT2D eigenvalue weighted by Crippen LogP contribution is 2.33. The molecule has 3 rings (SSSR count). The summed E-state index contributed by atoms with van der Waals surface area (Å²) in [6.45, 7) is 3.05. The predicted octanol–water partition coefficient (Wildman–Crippen LogP) is 4.23. The lowest BCUT2D eigenvalue weighted by Crippen LogP contribution is -2.26. The van der Waals surface area contributed by atoms with E-state index in [1.807, 2.05) is 0 Å². The summed E-state index contributed by atoms with van der Waals surface area (Å²) >= 11 is 1.61. The third-order valence-electron chi connectivity index (χ3n) is 3.66. The van der Waals surface area contributed by atoms with Gasteiger partial charge < -0.3 is 5.32 Å². The van der Waals surface area contributed by atoms with Gasteiger partial charge >= 0.3 is 0 Å². The Morgan fingerprint density at radius 1 is 1.35 bits per heavy atom. The number of hydrogen-bond donors (Lipinski definition) is 1. The van der Waals surface area contributed by atoms with Crippen molar-refractivity contribution in [1.29, 1.82) is 0 Å². The molecule has 1 aliphatic rings. The summed E-state index contributed by atoms with van der Waals surface area (Å²) in [5, 5.41) is 6.56. The molecule has 0 radical (unpaired) electrons. The van der Waals surface area contributed by atoms with Gasteiger partial charge in [0.15, 0.2) is 0 Å². The Balaban J connectivity index is 1.57. The highest BCUT2D eigenvalue weighted by Gasteiger charge is 2.23. The van der Waals surface area contributed by atoms with Gasteiger partial charge in [-0.1, -0.05) is 12.8 Å². The minimum Gasteiger partial charge on any atom is -0.309 e. The molecule has 2 aromatic rings. The van der Waals surface area contributed by atoms with Crippen molar-refractivity contribution in [3.05, 3.63) is 41.2 Å². The van der Waals surface area contributed by atoms with Crippen LogP contribution in [0.2, 0.25) is 0 Å². The first-order valence-corrected chi connectivity index (χ1v) is 8.02. The average molecular weight is 290 g/mol. The molecule has 0 aliphatic heterocycles. The smallest absolute Gasteiger partial charge is 0.123 e. The Labute approximate surface area is 123 Å². The Kier molecular flexibility index (Phi) is 4.13. The van der Waals surface area contributed by atoms with Crippen LogP contribution in [0.3, 0.4) is 0 Å². The van der Waals surface area contributed by atoms with Crippen molar-refractivity contribution in [2.24, 2.45) is 5.92 Å². The van der Waals surface area contributed by atoms with Crippen molar-refractivity contribution in [1.82, 2.24) is 10.3 Å². The summed E-state index contributed by atoms with van der Waals surface area (Å²) in [5.74, 6) is 0.740. The van der Waals surface area contributed by atoms with Gasteiger partial charge in [-0.25, -0.2) is 9.37 Å². The molecule has 0 bridgehead atoms. The van der Waals surface area contributed by atoms with E-state index in [0.29, 0.717) is 6.04 Å². The van der Waals surface area contributed by atoms with E-state index in [-0.39, 0.29) is 5.82 Å². The Morgan fingerprint density at radius 3 is 2.80 bits per heavy atom. The molecular formula is C16H19FN2S. The van der Waals surface area contributed by atoms with Gasteiger partial charge in [-0.15, -0.1) is 11.3 Å². The number of aromatic nitrogens is 1. The number of thiazole rings is 1. The summed E-state index contributed by atoms with van der Waals surface area (Å²) < 4.78 is 12.9. The average Bonchev–Trinajstić information content (AvgIpc) is 3.12. The molecular weight excluding hydrogens is 271 g/mol. The number of nitrogens with one attached hydrogen (secondary N) is 1. The van der Waals surface area contributed by atoms with Crippen LogP contribution in [0.1, 0.15) is 31.9 Å². The van der Waals surface area contributed by atoms with Crippen LogP contribution >= 0.6 is 11.3 Å². The van der Waals surface area contributed by atoms with Crippen LogP contribution in [-0.2, 0) is 6.54 Å². The van der Waals surface area contributed by atoms with Crippen LogP contribution in [-0.4, -0.2) is 11.0 Å². The maximum Gasteiger partial charge on any atom is 0.123 e. The van der Waals surface area contributed by atoms with Gasteiger partial charge in [-0.3, -0.25) is 0 Å². The zero-order chi connectivity index (χ0) is 13.9. The monoisotopic (exact) mass is 290 g/mol. The molecule has 1 fully saturated rings. The first-order valence-electron chi connectivity index (χ1n) is 7.14. The number of halogens is 1. The second-order valence-corrected chi connectivity index (χ2v) is 6.47. The Morgan fingerprint density at radius 2 is 2.10 bits per heavy atom. The van der Waals surface area contributed by atoms with E-state index in [1.54, 1.807) is 23.5 Å². The molecule has 1 atom stereocenters. The Bertz CT molecular complexity index is 560. The highest BCUT2D eigenvalue weighted by molar-refractivity contribution is 7.13. The molecule has 1 saturated carbocycles. The molecule has 0 amide bonds. The second-order valence-electron chi connectivity index (χ2n) is 5.61. The molecule has 2 nitrogen and oxygen atoms in total. The van der Waals surface area contributed by atoms with Crippen LogP contribution in [0.15, 0.2) is 29.6 Å². The maximum absolute atomic E-state index is 12.9. The fourth-order valence-corrected chi connectivity index (χ4v) is 3.15. The molecule has 1 unspecified atom stereocenters. The van der Waals surface area contributed by atoms with Gasteiger partial charge in [0.2, 0.25) is 0 Å². The van der Waals surface area contributed by atoms with E-state index in [1.165, 1.54) is 31.4 Å². The van der Waals surface area contributed by atoms with Crippen LogP contribution in [0.25, 0.3) is 10.6 Å². The summed E-state index contributed by atoms with van der Waals surface area (Å²) in [7, 11) is 0. The third kappa shape index (κ3) is 3.64.